The van der Waals surface area contributed by atoms with Crippen LogP contribution in [0.3, 0.4) is 0 Å². The van der Waals surface area contributed by atoms with E-state index in [9.17, 15) is 0 Å². The van der Waals surface area contributed by atoms with Crippen molar-refractivity contribution in [1.29, 1.82) is 0 Å². The first-order valence-corrected chi connectivity index (χ1v) is 19.2. The summed E-state index contributed by atoms with van der Waals surface area (Å²) in [6.07, 6.45) is 20.5. The van der Waals surface area contributed by atoms with E-state index in [2.05, 4.69) is 131 Å². The Morgan fingerprint density at radius 3 is 1.36 bits per heavy atom. The van der Waals surface area contributed by atoms with Crippen molar-refractivity contribution < 1.29 is 0 Å². The summed E-state index contributed by atoms with van der Waals surface area (Å²) in [5.74, 6) is 0. The zero-order valence-corrected chi connectivity index (χ0v) is 30.5. The Morgan fingerprint density at radius 2 is 0.894 bits per heavy atom. The van der Waals surface area contributed by atoms with E-state index in [1.165, 1.54) is 129 Å². The number of unbranched alkanes of at least 4 members (excludes halogenated alkanes) is 10. The SMILES string of the molecule is CCCCCCCCc1cc(-c2ccc(C(C)(CC)CC)cc2)c(CCCCCCCC)cc1-c1ccc(Nc2ccccc2)cc1. The number of anilines is 2. The Kier molecular flexibility index (Phi) is 15.1. The summed E-state index contributed by atoms with van der Waals surface area (Å²) >= 11 is 0. The minimum absolute atomic E-state index is 0.244. The summed E-state index contributed by atoms with van der Waals surface area (Å²) in [6, 6.07) is 34.4. The van der Waals surface area contributed by atoms with E-state index in [1.807, 2.05) is 0 Å². The van der Waals surface area contributed by atoms with Crippen molar-refractivity contribution in [2.75, 3.05) is 5.32 Å². The molecule has 0 aliphatic heterocycles. The van der Waals surface area contributed by atoms with E-state index < -0.39 is 0 Å². The van der Waals surface area contributed by atoms with Crippen molar-refractivity contribution in [2.24, 2.45) is 0 Å². The largest absolute Gasteiger partial charge is 0.356 e. The van der Waals surface area contributed by atoms with Gasteiger partial charge in [-0.1, -0.05) is 166 Å². The molecule has 1 N–H and O–H groups in total. The maximum absolute atomic E-state index is 3.57. The molecule has 1 heteroatoms. The van der Waals surface area contributed by atoms with Crippen LogP contribution in [0, 0.1) is 0 Å². The second-order valence-electron chi connectivity index (χ2n) is 14.1. The first kappa shape index (κ1) is 36.5. The van der Waals surface area contributed by atoms with Gasteiger partial charge in [-0.25, -0.2) is 0 Å². The van der Waals surface area contributed by atoms with Crippen molar-refractivity contribution in [3.63, 3.8) is 0 Å². The Labute approximate surface area is 288 Å². The van der Waals surface area contributed by atoms with Gasteiger partial charge in [0.25, 0.3) is 0 Å². The summed E-state index contributed by atoms with van der Waals surface area (Å²) in [6.45, 7) is 11.7. The third-order valence-electron chi connectivity index (χ3n) is 10.6. The number of hydrogen-bond donors (Lipinski definition) is 1. The van der Waals surface area contributed by atoms with Crippen molar-refractivity contribution in [3.05, 3.63) is 108 Å². The van der Waals surface area contributed by atoms with E-state index in [4.69, 9.17) is 0 Å². The molecule has 4 aromatic carbocycles. The summed E-state index contributed by atoms with van der Waals surface area (Å²) in [7, 11) is 0. The first-order valence-electron chi connectivity index (χ1n) is 19.2. The van der Waals surface area contributed by atoms with E-state index >= 15 is 0 Å². The van der Waals surface area contributed by atoms with Gasteiger partial charge in [-0.3, -0.25) is 0 Å². The lowest BCUT2D eigenvalue weighted by Gasteiger charge is -2.27. The van der Waals surface area contributed by atoms with Crippen molar-refractivity contribution in [3.8, 4) is 22.3 Å². The standard InChI is InChI=1S/C46H63N/c1-6-10-12-14-16-19-23-39-36-45(38-29-33-43(34-30-38)47-42-25-21-18-22-26-42)40(24-20-17-15-13-11-7-2)35-44(39)37-27-31-41(32-28-37)46(5,8-3)9-4/h18,21-22,25-36,47H,6-17,19-20,23-24H2,1-5H3. The van der Waals surface area contributed by atoms with Gasteiger partial charge in [-0.15, -0.1) is 0 Å². The summed E-state index contributed by atoms with van der Waals surface area (Å²) < 4.78 is 0. The van der Waals surface area contributed by atoms with Gasteiger partial charge in [0.1, 0.15) is 0 Å². The van der Waals surface area contributed by atoms with Crippen LogP contribution >= 0.6 is 0 Å². The van der Waals surface area contributed by atoms with Crippen molar-refractivity contribution in [1.82, 2.24) is 0 Å². The molecule has 4 rings (SSSR count). The number of para-hydroxylation sites is 1. The van der Waals surface area contributed by atoms with Gasteiger partial charge in [-0.2, -0.15) is 0 Å². The Bertz CT molecular complexity index is 1430. The Morgan fingerprint density at radius 1 is 0.468 bits per heavy atom. The average Bonchev–Trinajstić information content (AvgIpc) is 3.12. The first-order chi connectivity index (χ1) is 23.0. The molecule has 0 heterocycles. The molecule has 0 aliphatic rings. The van der Waals surface area contributed by atoms with Gasteiger partial charge in [0.2, 0.25) is 0 Å². The number of aryl methyl sites for hydroxylation is 2. The molecule has 0 saturated heterocycles. The molecule has 0 saturated carbocycles. The van der Waals surface area contributed by atoms with Crippen LogP contribution in [0.5, 0.6) is 0 Å². The monoisotopic (exact) mass is 629 g/mol. The molecule has 0 radical (unpaired) electrons. The van der Waals surface area contributed by atoms with Crippen LogP contribution in [0.1, 0.15) is 141 Å². The molecule has 0 spiro atoms. The molecule has 4 aromatic rings. The number of nitrogens with one attached hydrogen (secondary N) is 1. The van der Waals surface area contributed by atoms with Gasteiger partial charge >= 0.3 is 0 Å². The summed E-state index contributed by atoms with van der Waals surface area (Å²) in [5.41, 5.74) is 12.6. The van der Waals surface area contributed by atoms with E-state index in [0.717, 1.165) is 24.2 Å². The predicted molar refractivity (Wildman–Crippen MR) is 209 cm³/mol. The molecule has 1 nitrogen and oxygen atoms in total. The molecule has 0 atom stereocenters. The summed E-state index contributed by atoms with van der Waals surface area (Å²) in [5, 5.41) is 3.57. The van der Waals surface area contributed by atoms with Crippen LogP contribution in [0.4, 0.5) is 11.4 Å². The van der Waals surface area contributed by atoms with Gasteiger partial charge in [0, 0.05) is 11.4 Å². The third-order valence-corrected chi connectivity index (χ3v) is 10.6. The second-order valence-corrected chi connectivity index (χ2v) is 14.1. The van der Waals surface area contributed by atoms with Crippen LogP contribution < -0.4 is 5.32 Å². The molecule has 0 aliphatic carbocycles. The topological polar surface area (TPSA) is 12.0 Å². The van der Waals surface area contributed by atoms with Crippen LogP contribution in [-0.4, -0.2) is 0 Å². The zero-order valence-electron chi connectivity index (χ0n) is 30.5. The number of rotatable bonds is 21. The van der Waals surface area contributed by atoms with Gasteiger partial charge in [0.15, 0.2) is 0 Å². The maximum atomic E-state index is 3.57. The highest BCUT2D eigenvalue weighted by Crippen LogP contribution is 2.37. The van der Waals surface area contributed by atoms with Crippen molar-refractivity contribution in [2.45, 2.75) is 143 Å². The van der Waals surface area contributed by atoms with Crippen LogP contribution in [0.25, 0.3) is 22.3 Å². The van der Waals surface area contributed by atoms with Crippen LogP contribution in [0.15, 0.2) is 91.0 Å². The Hall–Kier alpha value is -3.32. The quantitative estimate of drug-likeness (QED) is 0.0904. The lowest BCUT2D eigenvalue weighted by atomic mass is 9.77. The lowest BCUT2D eigenvalue weighted by molar-refractivity contribution is 0.439. The molecular weight excluding hydrogens is 567 g/mol. The normalized spacial score (nSPS) is 11.6. The molecule has 0 unspecified atom stereocenters. The lowest BCUT2D eigenvalue weighted by Crippen LogP contribution is -2.19. The molecular formula is C46H63N. The maximum Gasteiger partial charge on any atom is 0.0384 e. The molecule has 0 fully saturated rings. The van der Waals surface area contributed by atoms with Gasteiger partial charge in [0.05, 0.1) is 0 Å². The fourth-order valence-electron chi connectivity index (χ4n) is 6.96. The third kappa shape index (κ3) is 10.9. The molecule has 0 aromatic heterocycles. The second kappa shape index (κ2) is 19.5. The fraction of sp³-hybridized carbons (Fsp3) is 0.478. The van der Waals surface area contributed by atoms with Crippen LogP contribution in [0.2, 0.25) is 0 Å². The molecule has 252 valence electrons. The van der Waals surface area contributed by atoms with E-state index in [1.54, 1.807) is 0 Å². The smallest absolute Gasteiger partial charge is 0.0384 e. The minimum atomic E-state index is 0.244. The number of benzene rings is 4. The average molecular weight is 630 g/mol. The van der Waals surface area contributed by atoms with E-state index in [0.29, 0.717) is 0 Å². The van der Waals surface area contributed by atoms with Crippen LogP contribution in [-0.2, 0) is 18.3 Å². The van der Waals surface area contributed by atoms with Gasteiger partial charge < -0.3 is 5.32 Å². The molecule has 0 amide bonds. The van der Waals surface area contributed by atoms with Gasteiger partial charge in [-0.05, 0) is 107 Å². The highest BCUT2D eigenvalue weighted by atomic mass is 14.9. The minimum Gasteiger partial charge on any atom is -0.356 e. The zero-order chi connectivity index (χ0) is 33.3. The molecule has 0 bridgehead atoms. The van der Waals surface area contributed by atoms with Crippen molar-refractivity contribution >= 4 is 11.4 Å². The number of hydrogen-bond acceptors (Lipinski definition) is 1. The fourth-order valence-corrected chi connectivity index (χ4v) is 6.96. The Balaban J connectivity index is 1.69. The highest BCUT2D eigenvalue weighted by molar-refractivity contribution is 5.78. The highest BCUT2D eigenvalue weighted by Gasteiger charge is 2.22. The molecule has 47 heavy (non-hydrogen) atoms. The summed E-state index contributed by atoms with van der Waals surface area (Å²) in [4.78, 5) is 0. The predicted octanol–water partition coefficient (Wildman–Crippen LogP) is 14.6. The van der Waals surface area contributed by atoms with E-state index in [-0.39, 0.29) is 5.41 Å².